The fourth-order valence-corrected chi connectivity index (χ4v) is 4.72. The average Bonchev–Trinajstić information content (AvgIpc) is 3.45. The molecular weight excluding hydrogens is 552 g/mol. The molecule has 2 aliphatic rings. The van der Waals surface area contributed by atoms with Crippen LogP contribution in [0.3, 0.4) is 0 Å². The number of allylic oxidation sites excluding steroid dienone is 2. The number of carbonyl (C=O) groups is 2. The van der Waals surface area contributed by atoms with Crippen LogP contribution in [0, 0.1) is 0 Å². The minimum absolute atomic E-state index is 0.179. The number of anilines is 2. The van der Waals surface area contributed by atoms with E-state index in [0.29, 0.717) is 52.0 Å². The van der Waals surface area contributed by atoms with Gasteiger partial charge in [-0.2, -0.15) is 4.58 Å². The van der Waals surface area contributed by atoms with Gasteiger partial charge in [-0.3, -0.25) is 5.32 Å². The Balaban J connectivity index is 1.30. The van der Waals surface area contributed by atoms with Gasteiger partial charge in [0.2, 0.25) is 0 Å². The minimum Gasteiger partial charge on any atom is -0.457 e. The van der Waals surface area contributed by atoms with Crippen molar-refractivity contribution in [1.82, 2.24) is 0 Å². The summed E-state index contributed by atoms with van der Waals surface area (Å²) in [7, 11) is 1.69. The van der Waals surface area contributed by atoms with Crippen molar-refractivity contribution in [3.63, 3.8) is 0 Å². The molecule has 2 heterocycles. The molecule has 3 aromatic carbocycles. The van der Waals surface area contributed by atoms with Gasteiger partial charge in [0.25, 0.3) is 0 Å². The van der Waals surface area contributed by atoms with Crippen molar-refractivity contribution in [1.29, 1.82) is 0 Å². The van der Waals surface area contributed by atoms with E-state index in [-0.39, 0.29) is 5.91 Å². The molecule has 3 aromatic rings. The van der Waals surface area contributed by atoms with Crippen molar-refractivity contribution in [2.45, 2.75) is 37.8 Å². The van der Waals surface area contributed by atoms with E-state index in [4.69, 9.17) is 9.47 Å². The van der Waals surface area contributed by atoms with Gasteiger partial charge in [0.15, 0.2) is 11.9 Å². The van der Waals surface area contributed by atoms with Gasteiger partial charge in [0.05, 0.1) is 5.57 Å². The van der Waals surface area contributed by atoms with Crippen LogP contribution in [0.2, 0.25) is 0 Å². The number of hydrogen-bond acceptors (Lipinski definition) is 8. The van der Waals surface area contributed by atoms with Crippen molar-refractivity contribution in [2.75, 3.05) is 17.7 Å². The molecule has 0 bridgehead atoms. The van der Waals surface area contributed by atoms with Gasteiger partial charge in [-0.15, -0.1) is 0 Å². The molecule has 0 fully saturated rings. The number of rotatable bonds is 8. The minimum atomic E-state index is -0.565. The van der Waals surface area contributed by atoms with Gasteiger partial charge >= 0.3 is 12.0 Å². The Bertz CT molecular complexity index is 1670. The first-order chi connectivity index (χ1) is 20.1. The molecule has 0 unspecified atom stereocenters. The van der Waals surface area contributed by atoms with Crippen LogP contribution >= 0.6 is 12.0 Å². The predicted octanol–water partition coefficient (Wildman–Crippen LogP) is 6.98. The summed E-state index contributed by atoms with van der Waals surface area (Å²) in [6.07, 6.45) is 4.68. The average molecular weight is 584 g/mol. The fraction of sp³-hybridized carbons (Fsp3) is 0.188. The number of amides is 2. The van der Waals surface area contributed by atoms with E-state index in [2.05, 4.69) is 15.6 Å². The number of hydrogen-bond donors (Lipinski definition) is 3. The first kappa shape index (κ1) is 28.8. The van der Waals surface area contributed by atoms with Gasteiger partial charge in [0, 0.05) is 58.3 Å². The van der Waals surface area contributed by atoms with Crippen LogP contribution in [0.5, 0.6) is 11.5 Å². The van der Waals surface area contributed by atoms with Gasteiger partial charge in [-0.05, 0) is 74.9 Å². The van der Waals surface area contributed by atoms with Crippen LogP contribution < -0.4 is 15.4 Å². The predicted molar refractivity (Wildman–Crippen MR) is 166 cm³/mol. The first-order valence-electron chi connectivity index (χ1n) is 13.3. The van der Waals surface area contributed by atoms with E-state index in [0.717, 1.165) is 22.4 Å². The molecule has 42 heavy (non-hydrogen) atoms. The van der Waals surface area contributed by atoms with E-state index >= 15 is 0 Å². The summed E-state index contributed by atoms with van der Waals surface area (Å²) < 4.78 is 22.9. The van der Waals surface area contributed by atoms with Gasteiger partial charge in [-0.25, -0.2) is 14.6 Å². The summed E-state index contributed by atoms with van der Waals surface area (Å²) >= 11 is 0.643. The molecule has 9 nitrogen and oxygen atoms in total. The van der Waals surface area contributed by atoms with E-state index in [9.17, 15) is 14.1 Å². The SMILES string of the molecule is C[N+]1=CC(c2cc(SO)ccc2Oc2cccc(NCc3ccc(NC(=O)OC(C)(C)C)cc3)c2)=C2C=CN=C2C1=O. The van der Waals surface area contributed by atoms with Crippen molar-refractivity contribution < 1.29 is 28.2 Å². The van der Waals surface area contributed by atoms with Crippen molar-refractivity contribution in [3.8, 4) is 11.5 Å². The van der Waals surface area contributed by atoms with E-state index in [1.807, 2.05) is 75.4 Å². The standard InChI is InChI=1S/C32H30N4O5S/c1-32(2,3)41-31(38)35-21-10-8-20(9-11-21)18-34-22-6-5-7-23(16-22)40-28-13-12-24(42-39)17-26(28)27-19-36(4)30(37)29-25(27)14-15-33-29/h5-17,19,34H,18H2,1-4H3,(H-,35,38,39)/p+1. The number of nitrogens with zero attached hydrogens (tertiary/aromatic N) is 2. The lowest BCUT2D eigenvalue weighted by molar-refractivity contribution is -0.404. The summed E-state index contributed by atoms with van der Waals surface area (Å²) in [6.45, 7) is 6.02. The molecule has 0 saturated heterocycles. The number of aliphatic imine (C=N–C) groups is 1. The Morgan fingerprint density at radius 2 is 1.81 bits per heavy atom. The van der Waals surface area contributed by atoms with Crippen LogP contribution in [0.1, 0.15) is 31.9 Å². The van der Waals surface area contributed by atoms with Crippen LogP contribution in [0.4, 0.5) is 16.2 Å². The van der Waals surface area contributed by atoms with Crippen LogP contribution in [0.25, 0.3) is 5.57 Å². The molecule has 214 valence electrons. The molecule has 0 saturated carbocycles. The smallest absolute Gasteiger partial charge is 0.438 e. The summed E-state index contributed by atoms with van der Waals surface area (Å²) in [6, 6.07) is 20.5. The Morgan fingerprint density at radius 3 is 2.55 bits per heavy atom. The molecule has 0 radical (unpaired) electrons. The Morgan fingerprint density at radius 1 is 1.02 bits per heavy atom. The van der Waals surface area contributed by atoms with E-state index in [1.165, 1.54) is 4.58 Å². The summed E-state index contributed by atoms with van der Waals surface area (Å²) in [4.78, 5) is 29.5. The first-order valence-corrected chi connectivity index (χ1v) is 14.0. The Labute approximate surface area is 248 Å². The second-order valence-corrected chi connectivity index (χ2v) is 11.4. The number of nitrogens with one attached hydrogen (secondary N) is 2. The number of benzene rings is 3. The zero-order valence-corrected chi connectivity index (χ0v) is 24.5. The fourth-order valence-electron chi connectivity index (χ4n) is 4.42. The summed E-state index contributed by atoms with van der Waals surface area (Å²) in [5.74, 6) is 1.00. The molecular formula is C32H31N4O5S+. The zero-order chi connectivity index (χ0) is 29.9. The third-order valence-corrected chi connectivity index (χ3v) is 6.80. The highest BCUT2D eigenvalue weighted by Crippen LogP contribution is 2.37. The molecule has 0 atom stereocenters. The van der Waals surface area contributed by atoms with E-state index < -0.39 is 11.7 Å². The number of carbonyl (C=O) groups excluding carboxylic acids is 2. The highest BCUT2D eigenvalue weighted by molar-refractivity contribution is 7.93. The lowest BCUT2D eigenvalue weighted by Gasteiger charge is -2.19. The maximum absolute atomic E-state index is 12.6. The molecule has 10 heteroatoms. The maximum Gasteiger partial charge on any atom is 0.438 e. The van der Waals surface area contributed by atoms with Crippen molar-refractivity contribution in [3.05, 3.63) is 95.7 Å². The quantitative estimate of drug-likeness (QED) is 0.194. The van der Waals surface area contributed by atoms with Crippen LogP contribution in [0.15, 0.2) is 94.5 Å². The topological polar surface area (TPSA) is 112 Å². The zero-order valence-electron chi connectivity index (χ0n) is 23.7. The monoisotopic (exact) mass is 583 g/mol. The van der Waals surface area contributed by atoms with Crippen LogP contribution in [-0.2, 0) is 16.1 Å². The number of ether oxygens (including phenoxy) is 2. The van der Waals surface area contributed by atoms with Crippen LogP contribution in [-0.4, -0.2) is 45.7 Å². The third-order valence-electron chi connectivity index (χ3n) is 6.34. The Hall–Kier alpha value is -4.67. The van der Waals surface area contributed by atoms with Gasteiger partial charge < -0.3 is 19.3 Å². The second kappa shape index (κ2) is 12.1. The molecule has 0 aromatic heterocycles. The van der Waals surface area contributed by atoms with E-state index in [1.54, 1.807) is 37.7 Å². The molecule has 3 N–H and O–H groups in total. The van der Waals surface area contributed by atoms with Gasteiger partial charge in [0.1, 0.15) is 24.1 Å². The third kappa shape index (κ3) is 6.79. The molecule has 0 aliphatic carbocycles. The normalized spacial score (nSPS) is 14.3. The highest BCUT2D eigenvalue weighted by atomic mass is 32.2. The Kier molecular flexibility index (Phi) is 8.28. The lowest BCUT2D eigenvalue weighted by atomic mass is 9.94. The highest BCUT2D eigenvalue weighted by Gasteiger charge is 2.34. The molecule has 0 spiro atoms. The summed E-state index contributed by atoms with van der Waals surface area (Å²) in [5, 5.41) is 6.14. The molecule has 2 aliphatic heterocycles. The maximum atomic E-state index is 12.6. The largest absolute Gasteiger partial charge is 0.457 e. The molecule has 2 amide bonds. The number of fused-ring (bicyclic) bond motifs is 1. The second-order valence-electron chi connectivity index (χ2n) is 10.7. The van der Waals surface area contributed by atoms with Gasteiger partial charge in [-0.1, -0.05) is 18.2 Å². The van der Waals surface area contributed by atoms with Crippen molar-refractivity contribution in [2.24, 2.45) is 4.99 Å². The van der Waals surface area contributed by atoms with Crippen molar-refractivity contribution >= 4 is 52.9 Å². The lowest BCUT2D eigenvalue weighted by Crippen LogP contribution is -2.31. The molecule has 5 rings (SSSR count). The summed E-state index contributed by atoms with van der Waals surface area (Å²) in [5.41, 5.74) is 4.56.